The van der Waals surface area contributed by atoms with E-state index in [9.17, 15) is 0 Å². The minimum atomic E-state index is 0.459. The lowest BCUT2D eigenvalue weighted by atomic mass is 9.97. The quantitative estimate of drug-likeness (QED) is 0.838. The molecule has 7 heteroatoms. The van der Waals surface area contributed by atoms with Crippen molar-refractivity contribution in [2.24, 2.45) is 0 Å². The number of oxazole rings is 1. The van der Waals surface area contributed by atoms with E-state index in [4.69, 9.17) is 4.42 Å². The van der Waals surface area contributed by atoms with Gasteiger partial charge >= 0.3 is 0 Å². The molecular weight excluding hydrogens is 256 g/mol. The molecule has 3 heterocycles. The Hall–Kier alpha value is -1.76. The Morgan fingerprint density at radius 2 is 2.05 bits per heavy atom. The van der Waals surface area contributed by atoms with E-state index in [-0.39, 0.29) is 0 Å². The Labute approximate surface area is 117 Å². The van der Waals surface area contributed by atoms with Crippen LogP contribution in [0.2, 0.25) is 0 Å². The van der Waals surface area contributed by atoms with Crippen molar-refractivity contribution in [2.75, 3.05) is 13.1 Å². The highest BCUT2D eigenvalue weighted by molar-refractivity contribution is 4.96. The molecule has 0 N–H and O–H groups in total. The van der Waals surface area contributed by atoms with Crippen LogP contribution in [0.5, 0.6) is 0 Å². The third-order valence-electron chi connectivity index (χ3n) is 4.21. The van der Waals surface area contributed by atoms with E-state index in [2.05, 4.69) is 25.4 Å². The highest BCUT2D eigenvalue weighted by atomic mass is 16.3. The molecule has 2 aliphatic rings. The molecule has 0 atom stereocenters. The lowest BCUT2D eigenvalue weighted by Crippen LogP contribution is -2.33. The summed E-state index contributed by atoms with van der Waals surface area (Å²) in [7, 11) is 0. The molecule has 1 aliphatic heterocycles. The Kier molecular flexibility index (Phi) is 2.99. The normalized spacial score (nSPS) is 21.4. The van der Waals surface area contributed by atoms with E-state index in [1.54, 1.807) is 12.5 Å². The van der Waals surface area contributed by atoms with E-state index in [1.807, 2.05) is 4.68 Å². The largest absolute Gasteiger partial charge is 0.449 e. The van der Waals surface area contributed by atoms with Crippen molar-refractivity contribution >= 4 is 0 Å². The van der Waals surface area contributed by atoms with Gasteiger partial charge in [0.2, 0.25) is 0 Å². The lowest BCUT2D eigenvalue weighted by Gasteiger charge is -2.29. The van der Waals surface area contributed by atoms with Gasteiger partial charge in [0.1, 0.15) is 6.26 Å². The summed E-state index contributed by atoms with van der Waals surface area (Å²) < 4.78 is 7.41. The van der Waals surface area contributed by atoms with E-state index >= 15 is 0 Å². The van der Waals surface area contributed by atoms with Crippen LogP contribution >= 0.6 is 0 Å². The van der Waals surface area contributed by atoms with Crippen LogP contribution < -0.4 is 0 Å². The van der Waals surface area contributed by atoms with Crippen LogP contribution in [0.25, 0.3) is 0 Å². The van der Waals surface area contributed by atoms with Crippen molar-refractivity contribution in [3.8, 4) is 0 Å². The summed E-state index contributed by atoms with van der Waals surface area (Å²) in [6, 6.07) is 0.546. The molecule has 4 rings (SSSR count). The van der Waals surface area contributed by atoms with Gasteiger partial charge in [0.15, 0.2) is 11.7 Å². The molecule has 0 bridgehead atoms. The fourth-order valence-corrected chi connectivity index (χ4v) is 2.89. The molecule has 0 amide bonds. The molecule has 1 saturated heterocycles. The molecule has 0 aromatic carbocycles. The predicted molar refractivity (Wildman–Crippen MR) is 69.8 cm³/mol. The van der Waals surface area contributed by atoms with E-state index < -0.39 is 0 Å². The van der Waals surface area contributed by atoms with Gasteiger partial charge in [-0.15, -0.1) is 5.10 Å². The highest BCUT2D eigenvalue weighted by Crippen LogP contribution is 2.35. The van der Waals surface area contributed by atoms with Gasteiger partial charge in [-0.05, 0) is 49.2 Å². The van der Waals surface area contributed by atoms with Crippen molar-refractivity contribution in [3.63, 3.8) is 0 Å². The van der Waals surface area contributed by atoms with Crippen LogP contribution in [0.1, 0.15) is 49.4 Å². The van der Waals surface area contributed by atoms with Gasteiger partial charge in [-0.2, -0.15) is 0 Å². The first kappa shape index (κ1) is 12.0. The van der Waals surface area contributed by atoms with Gasteiger partial charge < -0.3 is 4.42 Å². The molecule has 2 aromatic rings. The van der Waals surface area contributed by atoms with Crippen molar-refractivity contribution < 1.29 is 4.42 Å². The first-order valence-corrected chi connectivity index (χ1v) is 7.28. The summed E-state index contributed by atoms with van der Waals surface area (Å²) in [5, 5.41) is 12.1. The minimum Gasteiger partial charge on any atom is -0.449 e. The topological polar surface area (TPSA) is 72.9 Å². The van der Waals surface area contributed by atoms with Gasteiger partial charge in [0.25, 0.3) is 0 Å². The Balaban J connectivity index is 1.36. The molecule has 7 nitrogen and oxygen atoms in total. The summed E-state index contributed by atoms with van der Waals surface area (Å²) >= 11 is 0. The van der Waals surface area contributed by atoms with Gasteiger partial charge in [-0.25, -0.2) is 9.67 Å². The molecule has 0 radical (unpaired) electrons. The second-order valence-corrected chi connectivity index (χ2v) is 5.69. The number of aromatic nitrogens is 5. The summed E-state index contributed by atoms with van der Waals surface area (Å²) in [6.07, 6.45) is 7.99. The average molecular weight is 274 g/mol. The van der Waals surface area contributed by atoms with Crippen molar-refractivity contribution in [1.29, 1.82) is 0 Å². The summed E-state index contributed by atoms with van der Waals surface area (Å²) in [6.45, 7) is 2.94. The maximum absolute atomic E-state index is 5.41. The number of piperidine rings is 1. The van der Waals surface area contributed by atoms with Crippen molar-refractivity contribution in [3.05, 3.63) is 24.2 Å². The van der Waals surface area contributed by atoms with Crippen LogP contribution in [-0.2, 0) is 6.54 Å². The maximum Gasteiger partial charge on any atom is 0.197 e. The third-order valence-corrected chi connectivity index (χ3v) is 4.21. The van der Waals surface area contributed by atoms with Crippen molar-refractivity contribution in [2.45, 2.75) is 44.2 Å². The smallest absolute Gasteiger partial charge is 0.197 e. The fourth-order valence-electron chi connectivity index (χ4n) is 2.89. The Bertz CT molecular complexity index is 553. The molecule has 2 aromatic heterocycles. The minimum absolute atomic E-state index is 0.459. The average Bonchev–Trinajstić information content (AvgIpc) is 3.00. The summed E-state index contributed by atoms with van der Waals surface area (Å²) in [4.78, 5) is 6.69. The maximum atomic E-state index is 5.41. The molecule has 1 aliphatic carbocycles. The number of likely N-dealkylation sites (tertiary alicyclic amines) is 1. The molecule has 2 fully saturated rings. The lowest BCUT2D eigenvalue weighted by molar-refractivity contribution is 0.186. The van der Waals surface area contributed by atoms with Crippen molar-refractivity contribution in [1.82, 2.24) is 30.1 Å². The zero-order valence-corrected chi connectivity index (χ0v) is 11.4. The number of rotatable bonds is 4. The van der Waals surface area contributed by atoms with E-state index in [1.165, 1.54) is 12.8 Å². The first-order valence-electron chi connectivity index (χ1n) is 7.28. The summed E-state index contributed by atoms with van der Waals surface area (Å²) in [5.41, 5.74) is 0. The zero-order valence-electron chi connectivity index (χ0n) is 11.4. The highest BCUT2D eigenvalue weighted by Gasteiger charge is 2.29. The van der Waals surface area contributed by atoms with Gasteiger partial charge in [0.05, 0.1) is 18.8 Å². The molecule has 1 saturated carbocycles. The second kappa shape index (κ2) is 4.97. The second-order valence-electron chi connectivity index (χ2n) is 5.69. The third kappa shape index (κ3) is 2.33. The zero-order chi connectivity index (χ0) is 13.4. The Morgan fingerprint density at radius 1 is 1.20 bits per heavy atom. The van der Waals surface area contributed by atoms with Crippen LogP contribution in [0.4, 0.5) is 0 Å². The number of hydrogen-bond acceptors (Lipinski definition) is 6. The van der Waals surface area contributed by atoms with Gasteiger partial charge in [-0.1, -0.05) is 0 Å². The van der Waals surface area contributed by atoms with Gasteiger partial charge in [-0.3, -0.25) is 4.90 Å². The number of hydrogen-bond donors (Lipinski definition) is 0. The van der Waals surface area contributed by atoms with Crippen LogP contribution in [0, 0.1) is 0 Å². The first-order chi connectivity index (χ1) is 9.90. The standard InChI is InChI=1S/C13H18N6O/c1-2-11(1)19-12(15-16-17-19)9-18-6-3-10(4-7-18)13-14-5-8-20-13/h5,8,10-11H,1-4,6-7,9H2. The molecule has 0 spiro atoms. The number of nitrogens with zero attached hydrogens (tertiary/aromatic N) is 6. The van der Waals surface area contributed by atoms with Crippen LogP contribution in [0.15, 0.2) is 16.9 Å². The SMILES string of the molecule is c1coc(C2CCN(Cc3nnnn3C3CC3)CC2)n1. The van der Waals surface area contributed by atoms with Crippen LogP contribution in [-0.4, -0.2) is 43.2 Å². The van der Waals surface area contributed by atoms with E-state index in [0.29, 0.717) is 12.0 Å². The monoisotopic (exact) mass is 274 g/mol. The predicted octanol–water partition coefficient (Wildman–Crippen LogP) is 1.38. The fraction of sp³-hybridized carbons (Fsp3) is 0.692. The molecular formula is C13H18N6O. The molecule has 20 heavy (non-hydrogen) atoms. The molecule has 0 unspecified atom stereocenters. The van der Waals surface area contributed by atoms with Crippen LogP contribution in [0.3, 0.4) is 0 Å². The Morgan fingerprint density at radius 3 is 2.75 bits per heavy atom. The van der Waals surface area contributed by atoms with Gasteiger partial charge in [0, 0.05) is 5.92 Å². The summed E-state index contributed by atoms with van der Waals surface area (Å²) in [5.74, 6) is 2.34. The van der Waals surface area contributed by atoms with E-state index in [0.717, 1.165) is 44.2 Å². The number of tetrazole rings is 1. The molecule has 106 valence electrons.